The van der Waals surface area contributed by atoms with E-state index in [2.05, 4.69) is 26.2 Å². The first-order valence-electron chi connectivity index (χ1n) is 8.55. The normalized spacial score (nSPS) is 14.7. The topological polar surface area (TPSA) is 48.5 Å². The highest BCUT2D eigenvalue weighted by Crippen LogP contribution is 2.22. The number of hydrogen-bond donors (Lipinski definition) is 1. The molecule has 1 amide bonds. The molecule has 1 aliphatic heterocycles. The molecule has 1 aromatic carbocycles. The number of rotatable bonds is 4. The smallest absolute Gasteiger partial charge is 0.226 e. The molecule has 0 radical (unpaired) electrons. The van der Waals surface area contributed by atoms with Gasteiger partial charge in [-0.3, -0.25) is 4.79 Å². The van der Waals surface area contributed by atoms with Gasteiger partial charge >= 0.3 is 0 Å². The maximum atomic E-state index is 11.7. The number of aromatic nitrogens is 1. The van der Waals surface area contributed by atoms with Gasteiger partial charge in [0.2, 0.25) is 5.91 Å². The van der Waals surface area contributed by atoms with Crippen molar-refractivity contribution in [3.63, 3.8) is 0 Å². The van der Waals surface area contributed by atoms with Gasteiger partial charge in [-0.15, -0.1) is 0 Å². The fourth-order valence-corrected chi connectivity index (χ4v) is 2.98. The number of carbonyl (C=O) groups excluding carboxylic acids is 1. The summed E-state index contributed by atoms with van der Waals surface area (Å²) in [5, 5.41) is 3.63. The lowest BCUT2D eigenvalue weighted by Gasteiger charge is -2.36. The third-order valence-corrected chi connectivity index (χ3v) is 4.55. The van der Waals surface area contributed by atoms with Gasteiger partial charge in [-0.1, -0.05) is 31.5 Å². The van der Waals surface area contributed by atoms with Crippen molar-refractivity contribution < 1.29 is 4.79 Å². The van der Waals surface area contributed by atoms with E-state index < -0.39 is 0 Å². The molecular formula is C19H23ClN4O. The fourth-order valence-electron chi connectivity index (χ4n) is 2.80. The lowest BCUT2D eigenvalue weighted by molar-refractivity contribution is -0.118. The lowest BCUT2D eigenvalue weighted by Crippen LogP contribution is -2.46. The number of amides is 1. The molecule has 0 saturated carbocycles. The van der Waals surface area contributed by atoms with Crippen LogP contribution in [0.1, 0.15) is 13.8 Å². The molecule has 132 valence electrons. The third kappa shape index (κ3) is 4.42. The van der Waals surface area contributed by atoms with Crippen LogP contribution in [0.5, 0.6) is 0 Å². The Bertz CT molecular complexity index is 724. The van der Waals surface area contributed by atoms with Gasteiger partial charge in [0, 0.05) is 42.8 Å². The van der Waals surface area contributed by atoms with Crippen LogP contribution in [0.3, 0.4) is 0 Å². The highest BCUT2D eigenvalue weighted by Gasteiger charge is 2.18. The van der Waals surface area contributed by atoms with Crippen molar-refractivity contribution in [2.24, 2.45) is 5.92 Å². The Balaban J connectivity index is 1.58. The second-order valence-corrected chi connectivity index (χ2v) is 6.94. The fraction of sp³-hybridized carbons (Fsp3) is 0.368. The van der Waals surface area contributed by atoms with Crippen molar-refractivity contribution in [2.45, 2.75) is 13.8 Å². The predicted octanol–water partition coefficient (Wildman–Crippen LogP) is 3.66. The minimum Gasteiger partial charge on any atom is -0.368 e. The van der Waals surface area contributed by atoms with E-state index in [0.29, 0.717) is 0 Å². The van der Waals surface area contributed by atoms with Crippen LogP contribution in [0.25, 0.3) is 0 Å². The van der Waals surface area contributed by atoms with Crippen LogP contribution in [0, 0.1) is 5.92 Å². The molecule has 25 heavy (non-hydrogen) atoms. The summed E-state index contributed by atoms with van der Waals surface area (Å²) in [5.41, 5.74) is 1.90. The van der Waals surface area contributed by atoms with E-state index in [4.69, 9.17) is 11.6 Å². The molecule has 1 saturated heterocycles. The van der Waals surface area contributed by atoms with Gasteiger partial charge in [0.1, 0.15) is 5.82 Å². The molecule has 1 N–H and O–H groups in total. The van der Waals surface area contributed by atoms with E-state index in [1.54, 1.807) is 6.20 Å². The Kier molecular flexibility index (Phi) is 5.43. The molecule has 0 bridgehead atoms. The lowest BCUT2D eigenvalue weighted by atomic mass is 10.2. The minimum atomic E-state index is -0.0424. The molecule has 1 aromatic heterocycles. The Morgan fingerprint density at radius 3 is 2.44 bits per heavy atom. The molecule has 1 aliphatic rings. The second kappa shape index (κ2) is 7.74. The molecule has 0 unspecified atom stereocenters. The van der Waals surface area contributed by atoms with Crippen LogP contribution >= 0.6 is 11.6 Å². The number of pyridine rings is 1. The van der Waals surface area contributed by atoms with Crippen molar-refractivity contribution >= 4 is 34.7 Å². The predicted molar refractivity (Wildman–Crippen MR) is 104 cm³/mol. The summed E-state index contributed by atoms with van der Waals surface area (Å²) in [5.74, 6) is 0.900. The van der Waals surface area contributed by atoms with Crippen molar-refractivity contribution in [3.05, 3.63) is 47.6 Å². The first-order chi connectivity index (χ1) is 12.0. The third-order valence-electron chi connectivity index (χ3n) is 4.32. The number of anilines is 3. The SMILES string of the molecule is CC(C)C(=O)Nc1ccc(N2CCN(c3cccc(Cl)c3)CC2)nc1. The van der Waals surface area contributed by atoms with Gasteiger partial charge in [0.05, 0.1) is 11.9 Å². The first-order valence-corrected chi connectivity index (χ1v) is 8.93. The molecular weight excluding hydrogens is 336 g/mol. The number of carbonyl (C=O) groups is 1. The van der Waals surface area contributed by atoms with Crippen molar-refractivity contribution in [3.8, 4) is 0 Å². The van der Waals surface area contributed by atoms with Crippen LogP contribution < -0.4 is 15.1 Å². The zero-order chi connectivity index (χ0) is 17.8. The van der Waals surface area contributed by atoms with Gasteiger partial charge in [-0.2, -0.15) is 0 Å². The molecule has 2 aromatic rings. The summed E-state index contributed by atoms with van der Waals surface area (Å²) >= 11 is 6.08. The molecule has 5 nitrogen and oxygen atoms in total. The molecule has 3 rings (SSSR count). The number of piperazine rings is 1. The summed E-state index contributed by atoms with van der Waals surface area (Å²) in [6, 6.07) is 11.8. The Morgan fingerprint density at radius 2 is 1.84 bits per heavy atom. The maximum Gasteiger partial charge on any atom is 0.226 e. The molecule has 0 aliphatic carbocycles. The van der Waals surface area contributed by atoms with Crippen molar-refractivity contribution in [1.29, 1.82) is 0 Å². The Labute approximate surface area is 153 Å². The number of nitrogens with one attached hydrogen (secondary N) is 1. The quantitative estimate of drug-likeness (QED) is 0.906. The summed E-state index contributed by atoms with van der Waals surface area (Å²) in [6.45, 7) is 7.39. The van der Waals surface area contributed by atoms with Crippen LogP contribution in [0.2, 0.25) is 5.02 Å². The van der Waals surface area contributed by atoms with E-state index >= 15 is 0 Å². The van der Waals surface area contributed by atoms with E-state index in [1.807, 2.05) is 44.2 Å². The largest absolute Gasteiger partial charge is 0.368 e. The van der Waals surface area contributed by atoms with E-state index in [1.165, 1.54) is 0 Å². The average molecular weight is 359 g/mol. The molecule has 1 fully saturated rings. The number of benzene rings is 1. The van der Waals surface area contributed by atoms with Crippen LogP contribution in [-0.4, -0.2) is 37.1 Å². The molecule has 2 heterocycles. The van der Waals surface area contributed by atoms with Gasteiger partial charge in [-0.25, -0.2) is 4.98 Å². The highest BCUT2D eigenvalue weighted by molar-refractivity contribution is 6.30. The first kappa shape index (κ1) is 17.5. The Morgan fingerprint density at radius 1 is 1.12 bits per heavy atom. The van der Waals surface area contributed by atoms with Crippen molar-refractivity contribution in [1.82, 2.24) is 4.98 Å². The standard InChI is InChI=1S/C19H23ClN4O/c1-14(2)19(25)22-16-6-7-18(21-13-16)24-10-8-23(9-11-24)17-5-3-4-15(20)12-17/h3-7,12-14H,8-11H2,1-2H3,(H,22,25). The van der Waals surface area contributed by atoms with Crippen LogP contribution in [-0.2, 0) is 4.79 Å². The summed E-state index contributed by atoms with van der Waals surface area (Å²) in [4.78, 5) is 20.8. The van der Waals surface area contributed by atoms with Gasteiger partial charge in [0.25, 0.3) is 0 Å². The van der Waals surface area contributed by atoms with E-state index in [-0.39, 0.29) is 11.8 Å². The number of nitrogens with zero attached hydrogens (tertiary/aromatic N) is 3. The van der Waals surface area contributed by atoms with E-state index in [0.717, 1.165) is 48.4 Å². The monoisotopic (exact) mass is 358 g/mol. The summed E-state index contributed by atoms with van der Waals surface area (Å²) < 4.78 is 0. The molecule has 0 atom stereocenters. The molecule has 6 heteroatoms. The highest BCUT2D eigenvalue weighted by atomic mass is 35.5. The van der Waals surface area contributed by atoms with E-state index in [9.17, 15) is 4.79 Å². The molecule has 0 spiro atoms. The van der Waals surface area contributed by atoms with Crippen LogP contribution in [0.4, 0.5) is 17.2 Å². The summed E-state index contributed by atoms with van der Waals surface area (Å²) in [7, 11) is 0. The second-order valence-electron chi connectivity index (χ2n) is 6.50. The van der Waals surface area contributed by atoms with Crippen molar-refractivity contribution in [2.75, 3.05) is 41.3 Å². The van der Waals surface area contributed by atoms with Gasteiger partial charge in [0.15, 0.2) is 0 Å². The number of hydrogen-bond acceptors (Lipinski definition) is 4. The zero-order valence-electron chi connectivity index (χ0n) is 14.6. The summed E-state index contributed by atoms with van der Waals surface area (Å²) in [6.07, 6.45) is 1.72. The number of halogens is 1. The van der Waals surface area contributed by atoms with Crippen LogP contribution in [0.15, 0.2) is 42.6 Å². The maximum absolute atomic E-state index is 11.7. The van der Waals surface area contributed by atoms with Gasteiger partial charge in [-0.05, 0) is 30.3 Å². The minimum absolute atomic E-state index is 0.00434. The Hall–Kier alpha value is -2.27. The van der Waals surface area contributed by atoms with Gasteiger partial charge < -0.3 is 15.1 Å². The zero-order valence-corrected chi connectivity index (χ0v) is 15.3. The average Bonchev–Trinajstić information content (AvgIpc) is 2.62.